The van der Waals surface area contributed by atoms with E-state index >= 15 is 0 Å². The molecule has 0 aliphatic heterocycles. The molecule has 1 amide bonds. The van der Waals surface area contributed by atoms with Crippen LogP contribution in [0.3, 0.4) is 0 Å². The van der Waals surface area contributed by atoms with E-state index in [1.807, 2.05) is 19.1 Å². The molecule has 0 radical (unpaired) electrons. The van der Waals surface area contributed by atoms with E-state index < -0.39 is 6.10 Å². The van der Waals surface area contributed by atoms with Gasteiger partial charge in [0.1, 0.15) is 11.6 Å². The van der Waals surface area contributed by atoms with Gasteiger partial charge in [0.25, 0.3) is 5.91 Å². The third-order valence-electron chi connectivity index (χ3n) is 4.07. The van der Waals surface area contributed by atoms with E-state index in [4.69, 9.17) is 20.9 Å². The predicted octanol–water partition coefficient (Wildman–Crippen LogP) is 4.35. The molecule has 146 valence electrons. The number of carbonyl (C=O) groups is 1. The summed E-state index contributed by atoms with van der Waals surface area (Å²) in [5.41, 5.74) is 0.652. The number of hydrogen-bond donors (Lipinski definition) is 0. The molecule has 28 heavy (non-hydrogen) atoms. The Morgan fingerprint density at radius 3 is 2.64 bits per heavy atom. The van der Waals surface area contributed by atoms with Crippen LogP contribution in [0.4, 0.5) is 4.39 Å². The summed E-state index contributed by atoms with van der Waals surface area (Å²) in [6, 6.07) is 12.7. The molecule has 8 heteroatoms. The minimum Gasteiger partial charge on any atom is -0.481 e. The van der Waals surface area contributed by atoms with Gasteiger partial charge in [0, 0.05) is 12.6 Å². The third kappa shape index (κ3) is 4.67. The molecular weight excluding hydrogens is 385 g/mol. The molecule has 0 aliphatic carbocycles. The van der Waals surface area contributed by atoms with Crippen LogP contribution >= 0.6 is 11.6 Å². The Morgan fingerprint density at radius 2 is 1.96 bits per heavy atom. The van der Waals surface area contributed by atoms with E-state index in [0.29, 0.717) is 28.6 Å². The summed E-state index contributed by atoms with van der Waals surface area (Å²) >= 11 is 6.15. The Bertz CT molecular complexity index is 946. The summed E-state index contributed by atoms with van der Waals surface area (Å²) in [5, 5.41) is 4.44. The van der Waals surface area contributed by atoms with Crippen molar-refractivity contribution in [3.8, 4) is 17.1 Å². The summed E-state index contributed by atoms with van der Waals surface area (Å²) in [7, 11) is 1.62. The highest BCUT2D eigenvalue weighted by Crippen LogP contribution is 2.25. The van der Waals surface area contributed by atoms with Crippen molar-refractivity contribution in [1.82, 2.24) is 15.0 Å². The lowest BCUT2D eigenvalue weighted by Crippen LogP contribution is -2.39. The van der Waals surface area contributed by atoms with E-state index in [-0.39, 0.29) is 24.2 Å². The molecule has 0 aliphatic rings. The summed E-state index contributed by atoms with van der Waals surface area (Å²) in [5.74, 6) is 0.450. The zero-order valence-electron chi connectivity index (χ0n) is 15.4. The van der Waals surface area contributed by atoms with Crippen molar-refractivity contribution in [2.45, 2.75) is 26.0 Å². The molecule has 0 N–H and O–H groups in total. The first-order valence-electron chi connectivity index (χ1n) is 8.72. The van der Waals surface area contributed by atoms with E-state index in [9.17, 15) is 9.18 Å². The van der Waals surface area contributed by atoms with Crippen molar-refractivity contribution in [3.63, 3.8) is 0 Å². The topological polar surface area (TPSA) is 68.5 Å². The van der Waals surface area contributed by atoms with E-state index in [0.717, 1.165) is 0 Å². The second-order valence-electron chi connectivity index (χ2n) is 6.15. The zero-order chi connectivity index (χ0) is 20.1. The number of nitrogens with zero attached hydrogens (tertiary/aromatic N) is 3. The maximum absolute atomic E-state index is 13.0. The Morgan fingerprint density at radius 1 is 1.25 bits per heavy atom. The second kappa shape index (κ2) is 8.84. The van der Waals surface area contributed by atoms with Crippen LogP contribution in [0.2, 0.25) is 5.02 Å². The molecule has 0 spiro atoms. The van der Waals surface area contributed by atoms with Crippen LogP contribution in [-0.2, 0) is 11.3 Å². The summed E-state index contributed by atoms with van der Waals surface area (Å²) in [6.07, 6.45) is -0.253. The van der Waals surface area contributed by atoms with Crippen molar-refractivity contribution in [1.29, 1.82) is 0 Å². The van der Waals surface area contributed by atoms with E-state index in [2.05, 4.69) is 10.1 Å². The van der Waals surface area contributed by atoms with Gasteiger partial charge < -0.3 is 14.2 Å². The van der Waals surface area contributed by atoms with Gasteiger partial charge in [0.05, 0.1) is 11.6 Å². The Hall–Kier alpha value is -2.93. The van der Waals surface area contributed by atoms with Crippen molar-refractivity contribution in [2.75, 3.05) is 7.05 Å². The minimum atomic E-state index is -0.707. The number of aromatic nitrogens is 2. The Kier molecular flexibility index (Phi) is 6.26. The molecule has 0 saturated heterocycles. The molecule has 0 saturated carbocycles. The Balaban J connectivity index is 1.66. The molecule has 0 bridgehead atoms. The molecule has 0 unspecified atom stereocenters. The summed E-state index contributed by atoms with van der Waals surface area (Å²) < 4.78 is 24.0. The van der Waals surface area contributed by atoms with Crippen LogP contribution in [0.5, 0.6) is 5.75 Å². The second-order valence-corrected chi connectivity index (χ2v) is 6.56. The molecule has 2 aromatic carbocycles. The van der Waals surface area contributed by atoms with Gasteiger partial charge in [-0.15, -0.1) is 0 Å². The number of amides is 1. The Labute approximate surface area is 166 Å². The molecule has 6 nitrogen and oxygen atoms in total. The lowest BCUT2D eigenvalue weighted by atomic mass is 10.2. The molecule has 3 aromatic rings. The maximum Gasteiger partial charge on any atom is 0.263 e. The predicted molar refractivity (Wildman–Crippen MR) is 102 cm³/mol. The first-order valence-corrected chi connectivity index (χ1v) is 9.10. The first-order chi connectivity index (χ1) is 13.5. The van der Waals surface area contributed by atoms with E-state index in [1.165, 1.54) is 29.2 Å². The zero-order valence-corrected chi connectivity index (χ0v) is 16.2. The van der Waals surface area contributed by atoms with Gasteiger partial charge in [0.2, 0.25) is 11.7 Å². The molecule has 0 fully saturated rings. The smallest absolute Gasteiger partial charge is 0.263 e. The molecule has 3 rings (SSSR count). The van der Waals surface area contributed by atoms with Crippen molar-refractivity contribution >= 4 is 17.5 Å². The highest BCUT2D eigenvalue weighted by molar-refractivity contribution is 6.33. The van der Waals surface area contributed by atoms with Gasteiger partial charge >= 0.3 is 0 Å². The number of ether oxygens (including phenoxy) is 1. The monoisotopic (exact) mass is 403 g/mol. The fourth-order valence-corrected chi connectivity index (χ4v) is 2.80. The van der Waals surface area contributed by atoms with Gasteiger partial charge in [-0.2, -0.15) is 4.98 Å². The third-order valence-corrected chi connectivity index (χ3v) is 4.40. The molecule has 1 aromatic heterocycles. The van der Waals surface area contributed by atoms with Gasteiger partial charge in [-0.25, -0.2) is 4.39 Å². The van der Waals surface area contributed by atoms with Crippen LogP contribution in [0.1, 0.15) is 19.2 Å². The van der Waals surface area contributed by atoms with Gasteiger partial charge in [-0.3, -0.25) is 4.79 Å². The number of rotatable bonds is 7. The number of hydrogen-bond acceptors (Lipinski definition) is 5. The van der Waals surface area contributed by atoms with Crippen LogP contribution in [0, 0.1) is 5.82 Å². The van der Waals surface area contributed by atoms with Crippen LogP contribution in [0.15, 0.2) is 53.1 Å². The molecule has 1 heterocycles. The number of carbonyl (C=O) groups excluding carboxylic acids is 1. The number of benzene rings is 2. The van der Waals surface area contributed by atoms with Crippen molar-refractivity contribution in [2.24, 2.45) is 0 Å². The van der Waals surface area contributed by atoms with Crippen LogP contribution in [-0.4, -0.2) is 34.1 Å². The summed E-state index contributed by atoms with van der Waals surface area (Å²) in [6.45, 7) is 1.96. The van der Waals surface area contributed by atoms with Gasteiger partial charge in [0.15, 0.2) is 6.10 Å². The lowest BCUT2D eigenvalue weighted by molar-refractivity contribution is -0.138. The lowest BCUT2D eigenvalue weighted by Gasteiger charge is -2.22. The largest absolute Gasteiger partial charge is 0.481 e. The molecule has 1 atom stereocenters. The first kappa shape index (κ1) is 19.8. The quantitative estimate of drug-likeness (QED) is 0.586. The van der Waals surface area contributed by atoms with E-state index in [1.54, 1.807) is 19.2 Å². The normalized spacial score (nSPS) is 11.9. The number of likely N-dealkylation sites (N-methyl/N-ethyl adjacent to an activating group) is 1. The van der Waals surface area contributed by atoms with Crippen molar-refractivity contribution in [3.05, 3.63) is 65.3 Å². The minimum absolute atomic E-state index is 0.125. The SMILES string of the molecule is CC[C@H](Oc1ccc(F)cc1)C(=O)N(C)Cc1nc(-c2ccccc2Cl)no1. The molecular formula is C20H19ClFN3O3. The highest BCUT2D eigenvalue weighted by Gasteiger charge is 2.24. The van der Waals surface area contributed by atoms with Crippen molar-refractivity contribution < 1.29 is 18.4 Å². The number of halogens is 2. The van der Waals surface area contributed by atoms with Gasteiger partial charge in [-0.05, 0) is 42.8 Å². The fraction of sp³-hybridized carbons (Fsp3) is 0.250. The standard InChI is InChI=1S/C20H19ClFN3O3/c1-3-17(27-14-10-8-13(22)9-11-14)20(26)25(2)12-18-23-19(24-28-18)15-6-4-5-7-16(15)21/h4-11,17H,3,12H2,1-2H3/t17-/m0/s1. The van der Waals surface area contributed by atoms with Crippen LogP contribution < -0.4 is 4.74 Å². The van der Waals surface area contributed by atoms with Crippen LogP contribution in [0.25, 0.3) is 11.4 Å². The average Bonchev–Trinajstić information content (AvgIpc) is 3.15. The summed E-state index contributed by atoms with van der Waals surface area (Å²) in [4.78, 5) is 18.4. The van der Waals surface area contributed by atoms with Gasteiger partial charge in [-0.1, -0.05) is 35.8 Å². The fourth-order valence-electron chi connectivity index (χ4n) is 2.58. The highest BCUT2D eigenvalue weighted by atomic mass is 35.5. The average molecular weight is 404 g/mol. The maximum atomic E-state index is 13.0.